The van der Waals surface area contributed by atoms with Crippen molar-refractivity contribution in [2.45, 2.75) is 89.1 Å². The summed E-state index contributed by atoms with van der Waals surface area (Å²) in [4.78, 5) is 14.5. The van der Waals surface area contributed by atoms with E-state index in [0.29, 0.717) is 23.5 Å². The lowest BCUT2D eigenvalue weighted by Gasteiger charge is -2.58. The van der Waals surface area contributed by atoms with Gasteiger partial charge in [0.1, 0.15) is 12.2 Å². The van der Waals surface area contributed by atoms with Gasteiger partial charge in [0, 0.05) is 48.6 Å². The molecular formula is C29H40N2O5. The normalized spacial score (nSPS) is 41.6. The Morgan fingerprint density at radius 2 is 2.03 bits per heavy atom. The van der Waals surface area contributed by atoms with Crippen molar-refractivity contribution in [1.29, 1.82) is 0 Å². The van der Waals surface area contributed by atoms with Crippen LogP contribution in [-0.4, -0.2) is 60.1 Å². The van der Waals surface area contributed by atoms with E-state index in [1.807, 2.05) is 13.0 Å². The number of hydrogen-bond donors (Lipinski definition) is 2. The van der Waals surface area contributed by atoms with Crippen molar-refractivity contribution in [3.63, 3.8) is 0 Å². The Morgan fingerprint density at radius 1 is 1.28 bits per heavy atom. The van der Waals surface area contributed by atoms with Gasteiger partial charge in [-0.2, -0.15) is 0 Å². The van der Waals surface area contributed by atoms with Crippen LogP contribution in [0.2, 0.25) is 0 Å². The minimum atomic E-state index is -0.947. The second-order valence-electron chi connectivity index (χ2n) is 14.0. The molecule has 1 saturated heterocycles. The zero-order chi connectivity index (χ0) is 25.4. The van der Waals surface area contributed by atoms with Gasteiger partial charge in [-0.1, -0.05) is 26.8 Å². The molecule has 4 aliphatic carbocycles. The molecule has 196 valence electrons. The van der Waals surface area contributed by atoms with Crippen molar-refractivity contribution in [3.8, 4) is 11.5 Å². The van der Waals surface area contributed by atoms with Crippen LogP contribution in [0.15, 0.2) is 12.1 Å². The summed E-state index contributed by atoms with van der Waals surface area (Å²) in [5, 5.41) is 12.0. The fourth-order valence-corrected chi connectivity index (χ4v) is 9.36. The molecule has 0 radical (unpaired) electrons. The Morgan fingerprint density at radius 3 is 2.67 bits per heavy atom. The number of nitrogens with two attached hydrogens (primary N) is 1. The molecule has 2 aliphatic heterocycles. The predicted molar refractivity (Wildman–Crippen MR) is 134 cm³/mol. The third-order valence-electron chi connectivity index (χ3n) is 11.3. The van der Waals surface area contributed by atoms with E-state index in [1.54, 1.807) is 7.11 Å². The van der Waals surface area contributed by atoms with Gasteiger partial charge in [0.2, 0.25) is 0 Å². The van der Waals surface area contributed by atoms with E-state index >= 15 is 0 Å². The van der Waals surface area contributed by atoms with Crippen molar-refractivity contribution in [2.75, 3.05) is 20.2 Å². The second-order valence-corrected chi connectivity index (χ2v) is 14.0. The van der Waals surface area contributed by atoms with E-state index < -0.39 is 11.7 Å². The minimum Gasteiger partial charge on any atom is -0.483 e. The molecule has 1 aromatic carbocycles. The molecule has 1 amide bonds. The third-order valence-corrected chi connectivity index (χ3v) is 11.3. The maximum atomic E-state index is 12.0. The molecule has 7 nitrogen and oxygen atoms in total. The number of amides is 1. The fraction of sp³-hybridized carbons (Fsp3) is 0.759. The number of primary amides is 1. The number of carbonyl (C=O) groups excluding carboxylic acids is 1. The minimum absolute atomic E-state index is 0.0822. The number of methoxy groups -OCH3 is 1. The Bertz CT molecular complexity index is 1140. The standard InChI is InChI=1S/C29H40N2O5/c1-26(2,3)27(4,33)17-10-18-23-28(14-31(23)12-15-6-7-15)11-16-8-9-19(35-25(30)32)22-20(16)29(18,13-28)24(36-22)21(17)34-5/h8-9,15,17-18,21,23-24,33H,6-7,10-14H2,1-5H3,(H2,30,32)/t17?,18?,21?,23?,24-,27+,28?,29?/m0/s1. The molecular weight excluding hydrogens is 456 g/mol. The number of rotatable bonds is 5. The van der Waals surface area contributed by atoms with Gasteiger partial charge < -0.3 is 25.1 Å². The summed E-state index contributed by atoms with van der Waals surface area (Å²) >= 11 is 0. The van der Waals surface area contributed by atoms with E-state index in [-0.39, 0.29) is 34.4 Å². The quantitative estimate of drug-likeness (QED) is 0.647. The molecule has 3 saturated carbocycles. The van der Waals surface area contributed by atoms with E-state index in [9.17, 15) is 9.90 Å². The van der Waals surface area contributed by atoms with Crippen LogP contribution >= 0.6 is 0 Å². The summed E-state index contributed by atoms with van der Waals surface area (Å²) in [5.41, 5.74) is 6.75. The summed E-state index contributed by atoms with van der Waals surface area (Å²) < 4.78 is 18.6. The number of aliphatic hydroxyl groups is 1. The summed E-state index contributed by atoms with van der Waals surface area (Å²) in [6.07, 6.45) is 4.36. The number of fused-ring (bicyclic) bond motifs is 1. The van der Waals surface area contributed by atoms with Crippen molar-refractivity contribution in [1.82, 2.24) is 4.90 Å². The van der Waals surface area contributed by atoms with Crippen LogP contribution < -0.4 is 15.2 Å². The number of likely N-dealkylation sites (tertiary alicyclic amines) is 1. The lowest BCUT2D eigenvalue weighted by atomic mass is 9.53. The molecule has 2 bridgehead atoms. The van der Waals surface area contributed by atoms with Crippen LogP contribution in [0, 0.1) is 28.6 Å². The van der Waals surface area contributed by atoms with Crippen molar-refractivity contribution in [3.05, 3.63) is 23.3 Å². The Labute approximate surface area is 213 Å². The van der Waals surface area contributed by atoms with Gasteiger partial charge in [0.05, 0.1) is 5.60 Å². The molecule has 6 aliphatic rings. The van der Waals surface area contributed by atoms with Crippen molar-refractivity contribution >= 4 is 6.09 Å². The molecule has 3 N–H and O–H groups in total. The second kappa shape index (κ2) is 6.97. The molecule has 7 heteroatoms. The first-order valence-corrected chi connectivity index (χ1v) is 13.7. The van der Waals surface area contributed by atoms with Crippen LogP contribution in [0.3, 0.4) is 0 Å². The van der Waals surface area contributed by atoms with Crippen LogP contribution in [0.5, 0.6) is 11.5 Å². The third kappa shape index (κ3) is 2.72. The first-order chi connectivity index (χ1) is 16.9. The predicted octanol–water partition coefficient (Wildman–Crippen LogP) is 3.63. The summed E-state index contributed by atoms with van der Waals surface area (Å²) in [5.74, 6) is 2.19. The fourth-order valence-electron chi connectivity index (χ4n) is 9.36. The maximum absolute atomic E-state index is 12.0. The summed E-state index contributed by atoms with van der Waals surface area (Å²) in [6, 6.07) is 4.47. The zero-order valence-corrected chi connectivity index (χ0v) is 22.2. The van der Waals surface area contributed by atoms with Crippen LogP contribution in [0.4, 0.5) is 4.79 Å². The van der Waals surface area contributed by atoms with Gasteiger partial charge in [0.25, 0.3) is 0 Å². The average Bonchev–Trinajstić information content (AvgIpc) is 3.49. The number of nitrogens with zero attached hydrogens (tertiary/aromatic N) is 1. The van der Waals surface area contributed by atoms with Crippen molar-refractivity contribution in [2.24, 2.45) is 34.3 Å². The maximum Gasteiger partial charge on any atom is 0.410 e. The molecule has 4 fully saturated rings. The van der Waals surface area contributed by atoms with Gasteiger partial charge in [-0.05, 0) is 67.9 Å². The number of hydrogen-bond acceptors (Lipinski definition) is 6. The molecule has 8 atom stereocenters. The molecule has 2 heterocycles. The van der Waals surface area contributed by atoms with Gasteiger partial charge in [0.15, 0.2) is 11.5 Å². The lowest BCUT2D eigenvalue weighted by molar-refractivity contribution is -0.191. The molecule has 6 unspecified atom stereocenters. The van der Waals surface area contributed by atoms with Gasteiger partial charge in [-0.15, -0.1) is 0 Å². The lowest BCUT2D eigenvalue weighted by Crippen LogP contribution is -2.67. The highest BCUT2D eigenvalue weighted by atomic mass is 16.6. The smallest absolute Gasteiger partial charge is 0.410 e. The van der Waals surface area contributed by atoms with E-state index in [2.05, 4.69) is 31.7 Å². The van der Waals surface area contributed by atoms with Gasteiger partial charge in [-0.25, -0.2) is 4.79 Å². The molecule has 0 aromatic heterocycles. The highest BCUT2D eigenvalue weighted by Crippen LogP contribution is 2.75. The average molecular weight is 497 g/mol. The zero-order valence-electron chi connectivity index (χ0n) is 22.2. The van der Waals surface area contributed by atoms with E-state index in [0.717, 1.165) is 31.7 Å². The highest BCUT2D eigenvalue weighted by molar-refractivity contribution is 5.72. The largest absolute Gasteiger partial charge is 0.483 e. The summed E-state index contributed by atoms with van der Waals surface area (Å²) in [6.45, 7) is 10.7. The Kier molecular flexibility index (Phi) is 4.51. The number of carbonyl (C=O) groups is 1. The van der Waals surface area contributed by atoms with Crippen LogP contribution in [-0.2, 0) is 16.6 Å². The van der Waals surface area contributed by atoms with E-state index in [4.69, 9.17) is 19.9 Å². The first kappa shape index (κ1) is 23.3. The Hall–Kier alpha value is -1.83. The SMILES string of the molecule is COC1C([C@@](C)(O)C(C)(C)C)CC2C3N(CC4CC4)CC34Cc3ccc(OC(N)=O)c5c3C2(C4)[C@H]1O5. The topological polar surface area (TPSA) is 94.3 Å². The monoisotopic (exact) mass is 496 g/mol. The molecule has 1 aromatic rings. The van der Waals surface area contributed by atoms with Crippen LogP contribution in [0.1, 0.15) is 64.5 Å². The van der Waals surface area contributed by atoms with Gasteiger partial charge in [-0.3, -0.25) is 4.90 Å². The number of benzene rings is 1. The number of ether oxygens (including phenoxy) is 3. The Balaban J connectivity index is 1.40. The van der Waals surface area contributed by atoms with Crippen molar-refractivity contribution < 1.29 is 24.1 Å². The summed E-state index contributed by atoms with van der Waals surface area (Å²) in [7, 11) is 1.75. The highest BCUT2D eigenvalue weighted by Gasteiger charge is 2.79. The molecule has 7 rings (SSSR count). The molecule has 36 heavy (non-hydrogen) atoms. The van der Waals surface area contributed by atoms with E-state index in [1.165, 1.54) is 30.5 Å². The van der Waals surface area contributed by atoms with Gasteiger partial charge >= 0.3 is 6.09 Å². The molecule has 2 spiro atoms. The van der Waals surface area contributed by atoms with Crippen LogP contribution in [0.25, 0.3) is 0 Å². The first-order valence-electron chi connectivity index (χ1n) is 13.7.